The molecular weight excluding hydrogens is 304 g/mol. The van der Waals surface area contributed by atoms with E-state index in [0.717, 1.165) is 11.8 Å². The van der Waals surface area contributed by atoms with Crippen LogP contribution in [0.5, 0.6) is 0 Å². The average Bonchev–Trinajstić information content (AvgIpc) is 2.72. The van der Waals surface area contributed by atoms with Gasteiger partial charge < -0.3 is 5.32 Å². The van der Waals surface area contributed by atoms with Gasteiger partial charge in [0.2, 0.25) is 0 Å². The summed E-state index contributed by atoms with van der Waals surface area (Å²) in [5.41, 5.74) is 1.33. The molecule has 1 N–H and O–H groups in total. The Kier molecular flexibility index (Phi) is 3.96. The smallest absolute Gasteiger partial charge is 0.149 e. The van der Waals surface area contributed by atoms with Crippen molar-refractivity contribution in [3.05, 3.63) is 46.2 Å². The van der Waals surface area contributed by atoms with Crippen molar-refractivity contribution in [1.29, 1.82) is 0 Å². The summed E-state index contributed by atoms with van der Waals surface area (Å²) in [6, 6.07) is 4.16. The zero-order valence-electron chi connectivity index (χ0n) is 9.75. The Morgan fingerprint density at radius 2 is 2.11 bits per heavy atom. The quantitative estimate of drug-likeness (QED) is 0.879. The van der Waals surface area contributed by atoms with Gasteiger partial charge in [-0.1, -0.05) is 0 Å². The number of hydrogen-bond acceptors (Lipinski definition) is 2. The molecule has 0 saturated carbocycles. The minimum atomic E-state index is -0.607. The van der Waals surface area contributed by atoms with Crippen LogP contribution < -0.4 is 5.32 Å². The van der Waals surface area contributed by atoms with Gasteiger partial charge in [-0.3, -0.25) is 4.68 Å². The van der Waals surface area contributed by atoms with E-state index < -0.39 is 11.6 Å². The Morgan fingerprint density at radius 3 is 2.78 bits per heavy atom. The highest BCUT2D eigenvalue weighted by Crippen LogP contribution is 2.23. The van der Waals surface area contributed by atoms with Gasteiger partial charge in [0.1, 0.15) is 11.6 Å². The summed E-state index contributed by atoms with van der Waals surface area (Å²) in [4.78, 5) is 0. The first-order valence-corrected chi connectivity index (χ1v) is 6.22. The number of rotatable bonds is 4. The molecular formula is C12H12BrF2N3. The maximum atomic E-state index is 13.4. The van der Waals surface area contributed by atoms with Crippen molar-refractivity contribution in [3.8, 4) is 0 Å². The van der Waals surface area contributed by atoms with Crippen LogP contribution in [-0.4, -0.2) is 16.3 Å². The SMILES string of the molecule is Cn1nccc1CCNc1cc(Br)c(F)cc1F. The second-order valence-corrected chi connectivity index (χ2v) is 4.72. The Morgan fingerprint density at radius 1 is 1.33 bits per heavy atom. The topological polar surface area (TPSA) is 29.9 Å². The highest BCUT2D eigenvalue weighted by molar-refractivity contribution is 9.10. The van der Waals surface area contributed by atoms with Crippen LogP contribution in [0.2, 0.25) is 0 Å². The normalized spacial score (nSPS) is 10.7. The van der Waals surface area contributed by atoms with Gasteiger partial charge in [0, 0.05) is 38.0 Å². The summed E-state index contributed by atoms with van der Waals surface area (Å²) in [6.07, 6.45) is 2.43. The third-order valence-electron chi connectivity index (χ3n) is 2.63. The highest BCUT2D eigenvalue weighted by Gasteiger charge is 2.08. The van der Waals surface area contributed by atoms with Crippen LogP contribution in [0.3, 0.4) is 0 Å². The van der Waals surface area contributed by atoms with Crippen LogP contribution in [0, 0.1) is 11.6 Å². The van der Waals surface area contributed by atoms with Crippen LogP contribution >= 0.6 is 15.9 Å². The van der Waals surface area contributed by atoms with E-state index >= 15 is 0 Å². The van der Waals surface area contributed by atoms with Crippen molar-refractivity contribution in [3.63, 3.8) is 0 Å². The second-order valence-electron chi connectivity index (χ2n) is 3.87. The predicted octanol–water partition coefficient (Wildman–Crippen LogP) is 3.12. The van der Waals surface area contributed by atoms with E-state index in [9.17, 15) is 8.78 Å². The van der Waals surface area contributed by atoms with Gasteiger partial charge in [-0.05, 0) is 28.1 Å². The molecule has 0 fully saturated rings. The van der Waals surface area contributed by atoms with E-state index in [1.54, 1.807) is 10.9 Å². The van der Waals surface area contributed by atoms with Gasteiger partial charge in [0.15, 0.2) is 0 Å². The molecule has 2 rings (SSSR count). The number of hydrogen-bond donors (Lipinski definition) is 1. The van der Waals surface area contributed by atoms with Crippen molar-refractivity contribution in [2.45, 2.75) is 6.42 Å². The van der Waals surface area contributed by atoms with Gasteiger partial charge in [0.05, 0.1) is 10.2 Å². The van der Waals surface area contributed by atoms with Gasteiger partial charge >= 0.3 is 0 Å². The molecule has 6 heteroatoms. The summed E-state index contributed by atoms with van der Waals surface area (Å²) in [6.45, 7) is 0.550. The molecule has 0 saturated heterocycles. The van der Waals surface area contributed by atoms with Gasteiger partial charge in [0.25, 0.3) is 0 Å². The first-order valence-electron chi connectivity index (χ1n) is 5.43. The lowest BCUT2D eigenvalue weighted by atomic mass is 10.2. The van der Waals surface area contributed by atoms with Gasteiger partial charge in [-0.2, -0.15) is 5.10 Å². The molecule has 1 aromatic heterocycles. The predicted molar refractivity (Wildman–Crippen MR) is 69.5 cm³/mol. The van der Waals surface area contributed by atoms with Crippen LogP contribution in [0.25, 0.3) is 0 Å². The maximum Gasteiger partial charge on any atom is 0.149 e. The molecule has 2 aromatic rings. The van der Waals surface area contributed by atoms with E-state index in [-0.39, 0.29) is 10.2 Å². The lowest BCUT2D eigenvalue weighted by Crippen LogP contribution is -2.09. The molecule has 96 valence electrons. The fraction of sp³-hybridized carbons (Fsp3) is 0.250. The summed E-state index contributed by atoms with van der Waals surface area (Å²) in [5.74, 6) is -1.20. The second kappa shape index (κ2) is 5.48. The molecule has 0 aliphatic heterocycles. The molecule has 0 amide bonds. The summed E-state index contributed by atoms with van der Waals surface area (Å²) >= 11 is 3.03. The molecule has 0 atom stereocenters. The summed E-state index contributed by atoms with van der Waals surface area (Å²) in [7, 11) is 1.85. The Bertz CT molecular complexity index is 554. The number of aromatic nitrogens is 2. The lowest BCUT2D eigenvalue weighted by Gasteiger charge is -2.08. The molecule has 0 bridgehead atoms. The third-order valence-corrected chi connectivity index (χ3v) is 3.24. The van der Waals surface area contributed by atoms with E-state index in [0.29, 0.717) is 13.0 Å². The molecule has 18 heavy (non-hydrogen) atoms. The zero-order chi connectivity index (χ0) is 13.1. The van der Waals surface area contributed by atoms with E-state index in [1.807, 2.05) is 13.1 Å². The fourth-order valence-electron chi connectivity index (χ4n) is 1.63. The number of anilines is 1. The zero-order valence-corrected chi connectivity index (χ0v) is 11.3. The Balaban J connectivity index is 1.99. The monoisotopic (exact) mass is 315 g/mol. The Hall–Kier alpha value is -1.43. The third kappa shape index (κ3) is 2.87. The summed E-state index contributed by atoms with van der Waals surface area (Å²) < 4.78 is 28.5. The molecule has 0 radical (unpaired) electrons. The molecule has 3 nitrogen and oxygen atoms in total. The van der Waals surface area contributed by atoms with E-state index in [1.165, 1.54) is 6.07 Å². The van der Waals surface area contributed by atoms with Crippen molar-refractivity contribution < 1.29 is 8.78 Å². The average molecular weight is 316 g/mol. The molecule has 0 spiro atoms. The molecule has 1 aromatic carbocycles. The molecule has 0 unspecified atom stereocenters. The van der Waals surface area contributed by atoms with Crippen molar-refractivity contribution in [2.24, 2.45) is 7.05 Å². The first-order chi connectivity index (χ1) is 8.58. The summed E-state index contributed by atoms with van der Waals surface area (Å²) in [5, 5.41) is 6.98. The molecule has 1 heterocycles. The first kappa shape index (κ1) is 13.0. The number of halogens is 3. The number of nitrogens with one attached hydrogen (secondary N) is 1. The molecule has 0 aliphatic rings. The van der Waals surface area contributed by atoms with E-state index in [4.69, 9.17) is 0 Å². The standard InChI is InChI=1S/C12H12BrF2N3/c1-18-8(3-5-17-18)2-4-16-12-6-9(13)10(14)7-11(12)15/h3,5-7,16H,2,4H2,1H3. The number of benzene rings is 1. The lowest BCUT2D eigenvalue weighted by molar-refractivity contribution is 0.580. The highest BCUT2D eigenvalue weighted by atomic mass is 79.9. The van der Waals surface area contributed by atoms with Gasteiger partial charge in [-0.25, -0.2) is 8.78 Å². The van der Waals surface area contributed by atoms with Crippen LogP contribution in [0.1, 0.15) is 5.69 Å². The molecule has 0 aliphatic carbocycles. The maximum absolute atomic E-state index is 13.4. The largest absolute Gasteiger partial charge is 0.382 e. The minimum Gasteiger partial charge on any atom is -0.382 e. The van der Waals surface area contributed by atoms with Crippen LogP contribution in [0.15, 0.2) is 28.9 Å². The van der Waals surface area contributed by atoms with E-state index in [2.05, 4.69) is 26.3 Å². The minimum absolute atomic E-state index is 0.243. The number of aryl methyl sites for hydroxylation is 1. The number of nitrogens with zero attached hydrogens (tertiary/aromatic N) is 2. The van der Waals surface area contributed by atoms with Crippen molar-refractivity contribution in [1.82, 2.24) is 9.78 Å². The fourth-order valence-corrected chi connectivity index (χ4v) is 1.97. The van der Waals surface area contributed by atoms with Gasteiger partial charge in [-0.15, -0.1) is 0 Å². The van der Waals surface area contributed by atoms with Crippen LogP contribution in [0.4, 0.5) is 14.5 Å². The Labute approximate surface area is 112 Å². The van der Waals surface area contributed by atoms with Crippen LogP contribution in [-0.2, 0) is 13.5 Å². The van der Waals surface area contributed by atoms with Crippen molar-refractivity contribution >= 4 is 21.6 Å². The van der Waals surface area contributed by atoms with Crippen molar-refractivity contribution in [2.75, 3.05) is 11.9 Å².